The maximum Gasteiger partial charge on any atom is 0.0857 e. The lowest BCUT2D eigenvalue weighted by molar-refractivity contribution is 0.0900. The Hall–Kier alpha value is 0.140. The minimum absolute atomic E-state index is 0.200. The van der Waals surface area contributed by atoms with Crippen LogP contribution in [0.3, 0.4) is 0 Å². The van der Waals surface area contributed by atoms with Crippen molar-refractivity contribution >= 4 is 27.3 Å². The number of aryl methyl sites for hydroxylation is 1. The third-order valence-electron chi connectivity index (χ3n) is 3.40. The molecule has 1 aromatic heterocycles. The number of hydrogen-bond donors (Lipinski definition) is 1. The summed E-state index contributed by atoms with van der Waals surface area (Å²) in [6.07, 6.45) is 3.19. The van der Waals surface area contributed by atoms with Crippen molar-refractivity contribution in [3.05, 3.63) is 20.3 Å². The predicted molar refractivity (Wildman–Crippen MR) is 63.7 cm³/mol. The van der Waals surface area contributed by atoms with Gasteiger partial charge in [-0.3, -0.25) is 0 Å². The molecule has 0 aromatic carbocycles. The number of hydrogen-bond acceptors (Lipinski definition) is 2. The van der Waals surface area contributed by atoms with Gasteiger partial charge in [0.05, 0.1) is 9.89 Å². The molecule has 0 saturated heterocycles. The molecule has 78 valence electrons. The Morgan fingerprint density at radius 2 is 2.29 bits per heavy atom. The van der Waals surface area contributed by atoms with Crippen LogP contribution in [0.5, 0.6) is 0 Å². The standard InChI is InChI=1S/C11H15BrOS/c1-3-11(4-5-11)10(13)8-6-9(12)14-7(8)2/h6,10,13H,3-5H2,1-2H3. The van der Waals surface area contributed by atoms with Gasteiger partial charge in [-0.15, -0.1) is 11.3 Å². The van der Waals surface area contributed by atoms with Crippen LogP contribution < -0.4 is 0 Å². The molecule has 0 bridgehead atoms. The van der Waals surface area contributed by atoms with Crippen LogP contribution in [0.25, 0.3) is 0 Å². The van der Waals surface area contributed by atoms with Gasteiger partial charge in [0.1, 0.15) is 0 Å². The van der Waals surface area contributed by atoms with Crippen LogP contribution >= 0.6 is 27.3 Å². The molecule has 1 atom stereocenters. The lowest BCUT2D eigenvalue weighted by Gasteiger charge is -2.20. The van der Waals surface area contributed by atoms with Crippen LogP contribution in [0, 0.1) is 12.3 Å². The molecule has 1 aromatic rings. The van der Waals surface area contributed by atoms with Crippen molar-refractivity contribution in [1.82, 2.24) is 0 Å². The molecule has 1 aliphatic carbocycles. The van der Waals surface area contributed by atoms with E-state index in [1.54, 1.807) is 11.3 Å². The number of aliphatic hydroxyl groups is 1. The van der Waals surface area contributed by atoms with Gasteiger partial charge in [-0.1, -0.05) is 6.92 Å². The normalized spacial score (nSPS) is 20.9. The van der Waals surface area contributed by atoms with Crippen LogP contribution in [0.4, 0.5) is 0 Å². The van der Waals surface area contributed by atoms with E-state index in [1.807, 2.05) is 0 Å². The quantitative estimate of drug-likeness (QED) is 0.882. The van der Waals surface area contributed by atoms with Gasteiger partial charge in [0, 0.05) is 10.3 Å². The summed E-state index contributed by atoms with van der Waals surface area (Å²) < 4.78 is 1.12. The summed E-state index contributed by atoms with van der Waals surface area (Å²) in [6, 6.07) is 2.07. The first-order valence-corrected chi connectivity index (χ1v) is 6.64. The molecule has 0 amide bonds. The van der Waals surface area contributed by atoms with E-state index in [2.05, 4.69) is 35.8 Å². The largest absolute Gasteiger partial charge is 0.388 e. The second kappa shape index (κ2) is 3.62. The minimum Gasteiger partial charge on any atom is -0.388 e. The lowest BCUT2D eigenvalue weighted by atomic mass is 9.91. The van der Waals surface area contributed by atoms with E-state index in [1.165, 1.54) is 17.7 Å². The summed E-state index contributed by atoms with van der Waals surface area (Å²) in [5, 5.41) is 10.3. The molecular formula is C11H15BrOS. The fourth-order valence-electron chi connectivity index (χ4n) is 2.04. The van der Waals surface area contributed by atoms with Gasteiger partial charge in [-0.2, -0.15) is 0 Å². The van der Waals surface area contributed by atoms with E-state index in [4.69, 9.17) is 0 Å². The van der Waals surface area contributed by atoms with E-state index in [0.717, 1.165) is 15.8 Å². The Labute approximate surface area is 97.3 Å². The van der Waals surface area contributed by atoms with Gasteiger partial charge in [-0.05, 0) is 53.7 Å². The molecule has 1 heterocycles. The van der Waals surface area contributed by atoms with E-state index in [-0.39, 0.29) is 11.5 Å². The molecule has 14 heavy (non-hydrogen) atoms. The maximum absolute atomic E-state index is 10.3. The summed E-state index contributed by atoms with van der Waals surface area (Å²) in [7, 11) is 0. The van der Waals surface area contributed by atoms with E-state index >= 15 is 0 Å². The highest BCUT2D eigenvalue weighted by molar-refractivity contribution is 9.11. The molecule has 0 spiro atoms. The fraction of sp³-hybridized carbons (Fsp3) is 0.636. The first-order chi connectivity index (χ1) is 6.59. The zero-order chi connectivity index (χ0) is 10.3. The summed E-state index contributed by atoms with van der Waals surface area (Å²) >= 11 is 5.18. The summed E-state index contributed by atoms with van der Waals surface area (Å²) in [5.41, 5.74) is 1.33. The lowest BCUT2D eigenvalue weighted by Crippen LogP contribution is -2.12. The van der Waals surface area contributed by atoms with Gasteiger partial charge in [0.15, 0.2) is 0 Å². The zero-order valence-corrected chi connectivity index (χ0v) is 10.9. The highest BCUT2D eigenvalue weighted by Gasteiger charge is 2.48. The Morgan fingerprint density at radius 1 is 1.64 bits per heavy atom. The summed E-state index contributed by atoms with van der Waals surface area (Å²) in [5.74, 6) is 0. The molecule has 0 radical (unpaired) electrons. The van der Waals surface area contributed by atoms with Crippen molar-refractivity contribution in [1.29, 1.82) is 0 Å². The first kappa shape index (κ1) is 10.7. The van der Waals surface area contributed by atoms with Crippen LogP contribution in [-0.4, -0.2) is 5.11 Å². The Kier molecular flexibility index (Phi) is 2.75. The predicted octanol–water partition coefficient (Wildman–Crippen LogP) is 4.04. The van der Waals surface area contributed by atoms with Crippen molar-refractivity contribution in [3.8, 4) is 0 Å². The van der Waals surface area contributed by atoms with E-state index in [0.29, 0.717) is 0 Å². The fourth-order valence-corrected chi connectivity index (χ4v) is 3.78. The van der Waals surface area contributed by atoms with Crippen LogP contribution in [-0.2, 0) is 0 Å². The van der Waals surface area contributed by atoms with Crippen molar-refractivity contribution in [2.24, 2.45) is 5.41 Å². The highest BCUT2D eigenvalue weighted by Crippen LogP contribution is 2.58. The Bertz CT molecular complexity index is 341. The number of halogens is 1. The molecule has 0 aliphatic heterocycles. The van der Waals surface area contributed by atoms with Gasteiger partial charge in [0.2, 0.25) is 0 Å². The molecule has 1 unspecified atom stereocenters. The average molecular weight is 275 g/mol. The SMILES string of the molecule is CCC1(C(O)c2cc(Br)sc2C)CC1. The topological polar surface area (TPSA) is 20.2 Å². The molecule has 2 rings (SSSR count). The molecule has 1 aliphatic rings. The van der Waals surface area contributed by atoms with E-state index < -0.39 is 0 Å². The second-order valence-corrected chi connectivity index (χ2v) is 6.82. The molecule has 3 heteroatoms. The first-order valence-electron chi connectivity index (χ1n) is 5.03. The van der Waals surface area contributed by atoms with Crippen molar-refractivity contribution < 1.29 is 5.11 Å². The number of thiophene rings is 1. The van der Waals surface area contributed by atoms with Gasteiger partial charge >= 0.3 is 0 Å². The number of aliphatic hydroxyl groups excluding tert-OH is 1. The minimum atomic E-state index is -0.255. The van der Waals surface area contributed by atoms with Crippen LogP contribution in [0.2, 0.25) is 0 Å². The average Bonchev–Trinajstić information content (AvgIpc) is 2.87. The van der Waals surface area contributed by atoms with Crippen LogP contribution in [0.1, 0.15) is 42.7 Å². The van der Waals surface area contributed by atoms with Crippen molar-refractivity contribution in [2.45, 2.75) is 39.2 Å². The van der Waals surface area contributed by atoms with Crippen LogP contribution in [0.15, 0.2) is 9.85 Å². The Morgan fingerprint density at radius 3 is 2.64 bits per heavy atom. The maximum atomic E-state index is 10.3. The third kappa shape index (κ3) is 1.66. The monoisotopic (exact) mass is 274 g/mol. The van der Waals surface area contributed by atoms with E-state index in [9.17, 15) is 5.11 Å². The number of rotatable bonds is 3. The van der Waals surface area contributed by atoms with Crippen molar-refractivity contribution in [2.75, 3.05) is 0 Å². The summed E-state index contributed by atoms with van der Waals surface area (Å²) in [6.45, 7) is 4.26. The molecule has 1 saturated carbocycles. The summed E-state index contributed by atoms with van der Waals surface area (Å²) in [4.78, 5) is 1.24. The smallest absolute Gasteiger partial charge is 0.0857 e. The zero-order valence-electron chi connectivity index (χ0n) is 8.51. The molecule has 1 nitrogen and oxygen atoms in total. The molecule has 1 fully saturated rings. The second-order valence-electron chi connectivity index (χ2n) is 4.18. The molecular weight excluding hydrogens is 260 g/mol. The van der Waals surface area contributed by atoms with Crippen molar-refractivity contribution in [3.63, 3.8) is 0 Å². The molecule has 1 N–H and O–H groups in total. The van der Waals surface area contributed by atoms with Gasteiger partial charge in [-0.25, -0.2) is 0 Å². The van der Waals surface area contributed by atoms with Gasteiger partial charge < -0.3 is 5.11 Å². The Balaban J connectivity index is 2.27. The third-order valence-corrected chi connectivity index (χ3v) is 4.97. The highest BCUT2D eigenvalue weighted by atomic mass is 79.9. The van der Waals surface area contributed by atoms with Gasteiger partial charge in [0.25, 0.3) is 0 Å².